The van der Waals surface area contributed by atoms with E-state index in [2.05, 4.69) is 48.0 Å². The summed E-state index contributed by atoms with van der Waals surface area (Å²) in [5.41, 5.74) is 10.7. The molecule has 0 amide bonds. The largest absolute Gasteiger partial charge is 0.459 e. The summed E-state index contributed by atoms with van der Waals surface area (Å²) >= 11 is 3.50. The molecule has 3 heteroatoms. The minimum Gasteiger partial charge on any atom is -0.459 e. The molecule has 20 heavy (non-hydrogen) atoms. The Bertz CT molecular complexity index is 776. The predicted molar refractivity (Wildman–Crippen MR) is 85.9 cm³/mol. The summed E-state index contributed by atoms with van der Waals surface area (Å²) in [5, 5.41) is 1.10. The van der Waals surface area contributed by atoms with E-state index in [-0.39, 0.29) is 6.04 Å². The number of hydrogen-bond donors (Lipinski definition) is 1. The summed E-state index contributed by atoms with van der Waals surface area (Å²) in [7, 11) is 0. The summed E-state index contributed by atoms with van der Waals surface area (Å²) in [6.45, 7) is 4.14. The lowest BCUT2D eigenvalue weighted by Crippen LogP contribution is -2.12. The third-order valence-electron chi connectivity index (χ3n) is 3.57. The molecule has 102 valence electrons. The smallest absolute Gasteiger partial charge is 0.134 e. The Morgan fingerprint density at radius 1 is 1.05 bits per heavy atom. The Morgan fingerprint density at radius 2 is 1.85 bits per heavy atom. The zero-order valence-electron chi connectivity index (χ0n) is 11.5. The lowest BCUT2D eigenvalue weighted by molar-refractivity contribution is 0.524. The first-order chi connectivity index (χ1) is 9.54. The van der Waals surface area contributed by atoms with Gasteiger partial charge in [0, 0.05) is 9.86 Å². The van der Waals surface area contributed by atoms with Gasteiger partial charge in [-0.05, 0) is 55.3 Å². The molecule has 1 unspecified atom stereocenters. The minimum absolute atomic E-state index is 0.250. The highest BCUT2D eigenvalue weighted by Gasteiger charge is 2.16. The van der Waals surface area contributed by atoms with Gasteiger partial charge >= 0.3 is 0 Å². The second-order valence-corrected chi connectivity index (χ2v) is 6.08. The number of aryl methyl sites for hydroxylation is 2. The number of rotatable bonds is 2. The van der Waals surface area contributed by atoms with Gasteiger partial charge in [0.1, 0.15) is 11.3 Å². The van der Waals surface area contributed by atoms with Crippen LogP contribution in [0.4, 0.5) is 0 Å². The van der Waals surface area contributed by atoms with Crippen LogP contribution in [0.15, 0.2) is 51.4 Å². The van der Waals surface area contributed by atoms with Gasteiger partial charge in [-0.15, -0.1) is 0 Å². The van der Waals surface area contributed by atoms with Gasteiger partial charge in [0.15, 0.2) is 0 Å². The normalized spacial score (nSPS) is 12.8. The molecule has 0 fully saturated rings. The van der Waals surface area contributed by atoms with Crippen LogP contribution in [0.25, 0.3) is 11.0 Å². The molecule has 0 saturated heterocycles. The first kappa shape index (κ1) is 13.4. The topological polar surface area (TPSA) is 39.2 Å². The molecule has 2 aromatic carbocycles. The maximum absolute atomic E-state index is 6.37. The molecule has 0 aliphatic carbocycles. The highest BCUT2D eigenvalue weighted by atomic mass is 79.9. The Balaban J connectivity index is 2.07. The second-order valence-electron chi connectivity index (χ2n) is 5.17. The maximum atomic E-state index is 6.37. The molecular formula is C17H16BrNO. The highest BCUT2D eigenvalue weighted by Crippen LogP contribution is 2.30. The van der Waals surface area contributed by atoms with Gasteiger partial charge in [-0.25, -0.2) is 0 Å². The van der Waals surface area contributed by atoms with Gasteiger partial charge < -0.3 is 10.2 Å². The molecule has 1 heterocycles. The van der Waals surface area contributed by atoms with Crippen molar-refractivity contribution in [3.05, 3.63) is 69.4 Å². The summed E-state index contributed by atoms with van der Waals surface area (Å²) in [6.07, 6.45) is 0. The highest BCUT2D eigenvalue weighted by molar-refractivity contribution is 9.10. The molecule has 0 bridgehead atoms. The molecule has 1 atom stereocenters. The van der Waals surface area contributed by atoms with Crippen molar-refractivity contribution in [3.63, 3.8) is 0 Å². The Hall–Kier alpha value is -1.58. The second kappa shape index (κ2) is 5.08. The number of fused-ring (bicyclic) bond motifs is 1. The molecule has 1 aromatic heterocycles. The van der Waals surface area contributed by atoms with Crippen molar-refractivity contribution < 1.29 is 4.42 Å². The van der Waals surface area contributed by atoms with Crippen LogP contribution in [0, 0.1) is 13.8 Å². The van der Waals surface area contributed by atoms with Crippen molar-refractivity contribution in [1.29, 1.82) is 0 Å². The molecular weight excluding hydrogens is 314 g/mol. The quantitative estimate of drug-likeness (QED) is 0.729. The van der Waals surface area contributed by atoms with Crippen LogP contribution in [0.1, 0.15) is 28.5 Å². The first-order valence-corrected chi connectivity index (χ1v) is 7.35. The zero-order valence-corrected chi connectivity index (χ0v) is 13.1. The van der Waals surface area contributed by atoms with E-state index in [1.165, 1.54) is 5.56 Å². The summed E-state index contributed by atoms with van der Waals surface area (Å²) in [5.74, 6) is 0.798. The Kier molecular flexibility index (Phi) is 3.40. The van der Waals surface area contributed by atoms with E-state index in [4.69, 9.17) is 10.2 Å². The van der Waals surface area contributed by atoms with Crippen molar-refractivity contribution in [2.75, 3.05) is 0 Å². The lowest BCUT2D eigenvalue weighted by Gasteiger charge is -2.12. The van der Waals surface area contributed by atoms with Gasteiger partial charge in [0.25, 0.3) is 0 Å². The molecule has 0 spiro atoms. The van der Waals surface area contributed by atoms with E-state index in [1.807, 2.05) is 24.3 Å². The van der Waals surface area contributed by atoms with E-state index < -0.39 is 0 Å². The molecule has 2 nitrogen and oxygen atoms in total. The van der Waals surface area contributed by atoms with Crippen molar-refractivity contribution in [2.24, 2.45) is 5.73 Å². The average molecular weight is 330 g/mol. The average Bonchev–Trinajstić information content (AvgIpc) is 2.83. The fourth-order valence-electron chi connectivity index (χ4n) is 2.44. The summed E-state index contributed by atoms with van der Waals surface area (Å²) in [4.78, 5) is 0. The van der Waals surface area contributed by atoms with E-state index >= 15 is 0 Å². The number of halogens is 1. The Labute approximate surface area is 126 Å². The van der Waals surface area contributed by atoms with Crippen LogP contribution in [-0.2, 0) is 0 Å². The first-order valence-electron chi connectivity index (χ1n) is 6.56. The lowest BCUT2D eigenvalue weighted by atomic mass is 10.00. The van der Waals surface area contributed by atoms with Crippen molar-refractivity contribution >= 4 is 26.9 Å². The summed E-state index contributed by atoms with van der Waals surface area (Å²) in [6, 6.07) is 14.1. The van der Waals surface area contributed by atoms with Crippen molar-refractivity contribution in [1.82, 2.24) is 0 Å². The van der Waals surface area contributed by atoms with E-state index in [0.717, 1.165) is 32.3 Å². The van der Waals surface area contributed by atoms with Crippen LogP contribution in [0.2, 0.25) is 0 Å². The van der Waals surface area contributed by atoms with Crippen molar-refractivity contribution in [3.8, 4) is 0 Å². The third kappa shape index (κ3) is 2.39. The molecule has 3 rings (SSSR count). The number of furan rings is 1. The van der Waals surface area contributed by atoms with Crippen LogP contribution in [0.5, 0.6) is 0 Å². The number of nitrogens with two attached hydrogens (primary N) is 1. The Morgan fingerprint density at radius 3 is 2.65 bits per heavy atom. The van der Waals surface area contributed by atoms with E-state index in [0.29, 0.717) is 0 Å². The fourth-order valence-corrected chi connectivity index (χ4v) is 2.82. The van der Waals surface area contributed by atoms with Gasteiger partial charge in [-0.1, -0.05) is 33.6 Å². The van der Waals surface area contributed by atoms with Crippen LogP contribution in [0.3, 0.4) is 0 Å². The SMILES string of the molecule is Cc1ccc2oc(C(N)c3cc(Br)ccc3C)cc2c1. The van der Waals surface area contributed by atoms with Gasteiger partial charge in [0.05, 0.1) is 6.04 Å². The van der Waals surface area contributed by atoms with Crippen LogP contribution in [-0.4, -0.2) is 0 Å². The molecule has 0 aliphatic rings. The number of hydrogen-bond acceptors (Lipinski definition) is 2. The zero-order chi connectivity index (χ0) is 14.3. The third-order valence-corrected chi connectivity index (χ3v) is 4.07. The van der Waals surface area contributed by atoms with E-state index in [9.17, 15) is 0 Å². The molecule has 0 radical (unpaired) electrons. The van der Waals surface area contributed by atoms with Crippen LogP contribution < -0.4 is 5.73 Å². The molecule has 0 aliphatic heterocycles. The monoisotopic (exact) mass is 329 g/mol. The standard InChI is InChI=1S/C17H16BrNO/c1-10-3-6-15-12(7-10)8-16(20-15)17(19)14-9-13(18)5-4-11(14)2/h3-9,17H,19H2,1-2H3. The minimum atomic E-state index is -0.250. The van der Waals surface area contributed by atoms with Gasteiger partial charge in [-0.3, -0.25) is 0 Å². The molecule has 2 N–H and O–H groups in total. The maximum Gasteiger partial charge on any atom is 0.134 e. The van der Waals surface area contributed by atoms with Crippen molar-refractivity contribution in [2.45, 2.75) is 19.9 Å². The van der Waals surface area contributed by atoms with Gasteiger partial charge in [0.2, 0.25) is 0 Å². The van der Waals surface area contributed by atoms with E-state index in [1.54, 1.807) is 0 Å². The molecule has 0 saturated carbocycles. The molecule has 3 aromatic rings. The van der Waals surface area contributed by atoms with Crippen LogP contribution >= 0.6 is 15.9 Å². The fraction of sp³-hybridized carbons (Fsp3) is 0.176. The van der Waals surface area contributed by atoms with Gasteiger partial charge in [-0.2, -0.15) is 0 Å². The predicted octanol–water partition coefficient (Wildman–Crippen LogP) is 4.86. The number of benzene rings is 2. The summed E-state index contributed by atoms with van der Waals surface area (Å²) < 4.78 is 6.92.